The summed E-state index contributed by atoms with van der Waals surface area (Å²) in [5.41, 5.74) is 1.88. The van der Waals surface area contributed by atoms with Crippen LogP contribution < -0.4 is 5.32 Å². The fourth-order valence-corrected chi connectivity index (χ4v) is 4.71. The Balaban J connectivity index is 1.69. The van der Waals surface area contributed by atoms with Crippen LogP contribution in [0.2, 0.25) is 0 Å². The van der Waals surface area contributed by atoms with Crippen LogP contribution >= 0.6 is 0 Å². The SMILES string of the molecule is CC(=O)N(C)Cc1cccc(NC(=O)c2ccc(S(=O)(=O)N3CCCC3)cc2)c1. The standard InChI is InChI=1S/C21H25N3O4S/c1-16(25)23(2)15-17-6-5-7-19(14-17)22-21(26)18-8-10-20(11-9-18)29(27,28)24-12-3-4-13-24/h5-11,14H,3-4,12-13,15H2,1-2H3,(H,22,26). The van der Waals surface area contributed by atoms with Gasteiger partial charge in [0.05, 0.1) is 4.90 Å². The topological polar surface area (TPSA) is 86.8 Å². The molecule has 1 N–H and O–H groups in total. The molecule has 2 aromatic rings. The maximum Gasteiger partial charge on any atom is 0.255 e. The zero-order valence-electron chi connectivity index (χ0n) is 16.6. The van der Waals surface area contributed by atoms with Gasteiger partial charge in [0, 0.05) is 44.9 Å². The van der Waals surface area contributed by atoms with E-state index < -0.39 is 10.0 Å². The number of carbonyl (C=O) groups is 2. The number of rotatable bonds is 6. The van der Waals surface area contributed by atoms with Gasteiger partial charge in [-0.25, -0.2) is 8.42 Å². The second-order valence-electron chi connectivity index (χ2n) is 7.17. The summed E-state index contributed by atoms with van der Waals surface area (Å²) in [4.78, 5) is 25.7. The lowest BCUT2D eigenvalue weighted by atomic mass is 10.1. The molecule has 1 aliphatic heterocycles. The van der Waals surface area contributed by atoms with Crippen molar-refractivity contribution in [1.29, 1.82) is 0 Å². The van der Waals surface area contributed by atoms with Gasteiger partial charge < -0.3 is 10.2 Å². The normalized spacial score (nSPS) is 14.6. The molecular weight excluding hydrogens is 390 g/mol. The lowest BCUT2D eigenvalue weighted by Gasteiger charge is -2.16. The smallest absolute Gasteiger partial charge is 0.255 e. The molecule has 29 heavy (non-hydrogen) atoms. The van der Waals surface area contributed by atoms with Gasteiger partial charge in [-0.3, -0.25) is 9.59 Å². The minimum Gasteiger partial charge on any atom is -0.342 e. The molecule has 8 heteroatoms. The molecule has 2 amide bonds. The molecule has 7 nitrogen and oxygen atoms in total. The highest BCUT2D eigenvalue weighted by Crippen LogP contribution is 2.21. The number of sulfonamides is 1. The van der Waals surface area contributed by atoms with E-state index in [0.29, 0.717) is 30.9 Å². The molecule has 0 saturated carbocycles. The summed E-state index contributed by atoms with van der Waals surface area (Å²) in [5.74, 6) is -0.365. The highest BCUT2D eigenvalue weighted by molar-refractivity contribution is 7.89. The van der Waals surface area contributed by atoms with Crippen molar-refractivity contribution in [2.24, 2.45) is 0 Å². The van der Waals surface area contributed by atoms with E-state index in [1.165, 1.54) is 35.5 Å². The van der Waals surface area contributed by atoms with Crippen LogP contribution in [-0.2, 0) is 21.4 Å². The molecule has 0 aromatic heterocycles. The van der Waals surface area contributed by atoms with E-state index in [0.717, 1.165) is 18.4 Å². The molecule has 2 aromatic carbocycles. The van der Waals surface area contributed by atoms with Crippen LogP contribution in [0.1, 0.15) is 35.7 Å². The largest absolute Gasteiger partial charge is 0.342 e. The van der Waals surface area contributed by atoms with Crippen LogP contribution in [0.4, 0.5) is 5.69 Å². The first kappa shape index (κ1) is 21.0. The summed E-state index contributed by atoms with van der Waals surface area (Å²) >= 11 is 0. The molecule has 0 radical (unpaired) electrons. The summed E-state index contributed by atoms with van der Waals surface area (Å²) in [5, 5.41) is 2.81. The zero-order valence-corrected chi connectivity index (χ0v) is 17.4. The Kier molecular flexibility index (Phi) is 6.34. The Labute approximate surface area is 171 Å². The molecule has 0 bridgehead atoms. The first-order valence-electron chi connectivity index (χ1n) is 9.49. The molecular formula is C21H25N3O4S. The van der Waals surface area contributed by atoms with E-state index in [-0.39, 0.29) is 16.7 Å². The number of benzene rings is 2. The number of nitrogens with one attached hydrogen (secondary N) is 1. The number of amides is 2. The third kappa shape index (κ3) is 5.02. The lowest BCUT2D eigenvalue weighted by molar-refractivity contribution is -0.128. The highest BCUT2D eigenvalue weighted by Gasteiger charge is 2.27. The van der Waals surface area contributed by atoms with E-state index in [2.05, 4.69) is 5.32 Å². The molecule has 0 atom stereocenters. The van der Waals surface area contributed by atoms with Gasteiger partial charge >= 0.3 is 0 Å². The van der Waals surface area contributed by atoms with Gasteiger partial charge in [0.2, 0.25) is 15.9 Å². The maximum absolute atomic E-state index is 12.6. The lowest BCUT2D eigenvalue weighted by Crippen LogP contribution is -2.27. The molecule has 0 unspecified atom stereocenters. The zero-order chi connectivity index (χ0) is 21.0. The summed E-state index contributed by atoms with van der Waals surface area (Å²) in [6, 6.07) is 13.3. The number of anilines is 1. The van der Waals surface area contributed by atoms with Gasteiger partial charge in [0.25, 0.3) is 5.91 Å². The summed E-state index contributed by atoms with van der Waals surface area (Å²) in [6.07, 6.45) is 1.75. The van der Waals surface area contributed by atoms with Crippen LogP contribution in [0, 0.1) is 0 Å². The van der Waals surface area contributed by atoms with Crippen molar-refractivity contribution in [2.45, 2.75) is 31.2 Å². The van der Waals surface area contributed by atoms with Gasteiger partial charge in [0.15, 0.2) is 0 Å². The summed E-state index contributed by atoms with van der Waals surface area (Å²) in [7, 11) is -1.78. The molecule has 0 spiro atoms. The predicted octanol–water partition coefficient (Wildman–Crippen LogP) is 2.70. The van der Waals surface area contributed by atoms with Crippen molar-refractivity contribution in [3.63, 3.8) is 0 Å². The van der Waals surface area contributed by atoms with E-state index in [1.807, 2.05) is 18.2 Å². The molecule has 0 aliphatic carbocycles. The Bertz CT molecular complexity index is 997. The Morgan fingerprint density at radius 1 is 1.07 bits per heavy atom. The van der Waals surface area contributed by atoms with Crippen molar-refractivity contribution < 1.29 is 18.0 Å². The van der Waals surface area contributed by atoms with Gasteiger partial charge in [-0.2, -0.15) is 4.31 Å². The Morgan fingerprint density at radius 3 is 2.34 bits per heavy atom. The number of hydrogen-bond acceptors (Lipinski definition) is 4. The quantitative estimate of drug-likeness (QED) is 0.786. The van der Waals surface area contributed by atoms with Gasteiger partial charge in [-0.15, -0.1) is 0 Å². The van der Waals surface area contributed by atoms with E-state index in [1.54, 1.807) is 18.0 Å². The number of hydrogen-bond donors (Lipinski definition) is 1. The first-order chi connectivity index (χ1) is 13.8. The van der Waals surface area contributed by atoms with Gasteiger partial charge in [0.1, 0.15) is 0 Å². The van der Waals surface area contributed by atoms with Crippen molar-refractivity contribution in [3.05, 3.63) is 59.7 Å². The second-order valence-corrected chi connectivity index (χ2v) is 9.10. The average molecular weight is 416 g/mol. The third-order valence-electron chi connectivity index (χ3n) is 4.96. The maximum atomic E-state index is 12.6. The van der Waals surface area contributed by atoms with E-state index >= 15 is 0 Å². The van der Waals surface area contributed by atoms with Crippen LogP contribution in [0.5, 0.6) is 0 Å². The minimum absolute atomic E-state index is 0.0385. The fourth-order valence-electron chi connectivity index (χ4n) is 3.19. The molecule has 1 fully saturated rings. The Hall–Kier alpha value is -2.71. The average Bonchev–Trinajstić information content (AvgIpc) is 3.24. The number of carbonyl (C=O) groups excluding carboxylic acids is 2. The van der Waals surface area contributed by atoms with Crippen LogP contribution in [0.3, 0.4) is 0 Å². The Morgan fingerprint density at radius 2 is 1.72 bits per heavy atom. The van der Waals surface area contributed by atoms with E-state index in [9.17, 15) is 18.0 Å². The number of nitrogens with zero attached hydrogens (tertiary/aromatic N) is 2. The molecule has 3 rings (SSSR count). The molecule has 1 aliphatic rings. The first-order valence-corrected chi connectivity index (χ1v) is 10.9. The minimum atomic E-state index is -3.49. The van der Waals surface area contributed by atoms with Crippen LogP contribution in [-0.4, -0.2) is 49.6 Å². The van der Waals surface area contributed by atoms with E-state index in [4.69, 9.17) is 0 Å². The van der Waals surface area contributed by atoms with Crippen molar-refractivity contribution >= 4 is 27.5 Å². The molecule has 154 valence electrons. The third-order valence-corrected chi connectivity index (χ3v) is 6.87. The van der Waals surface area contributed by atoms with Crippen LogP contribution in [0.15, 0.2) is 53.4 Å². The fraction of sp³-hybridized carbons (Fsp3) is 0.333. The van der Waals surface area contributed by atoms with Crippen molar-refractivity contribution in [2.75, 3.05) is 25.5 Å². The monoisotopic (exact) mass is 415 g/mol. The predicted molar refractivity (Wildman–Crippen MR) is 111 cm³/mol. The van der Waals surface area contributed by atoms with Crippen molar-refractivity contribution in [3.8, 4) is 0 Å². The van der Waals surface area contributed by atoms with Gasteiger partial charge in [-0.05, 0) is 54.8 Å². The van der Waals surface area contributed by atoms with Crippen LogP contribution in [0.25, 0.3) is 0 Å². The molecule has 1 heterocycles. The molecule has 1 saturated heterocycles. The van der Waals surface area contributed by atoms with Crippen molar-refractivity contribution in [1.82, 2.24) is 9.21 Å². The summed E-state index contributed by atoms with van der Waals surface area (Å²) in [6.45, 7) is 3.03. The summed E-state index contributed by atoms with van der Waals surface area (Å²) < 4.78 is 26.6. The second kappa shape index (κ2) is 8.75. The highest BCUT2D eigenvalue weighted by atomic mass is 32.2. The van der Waals surface area contributed by atoms with Gasteiger partial charge in [-0.1, -0.05) is 12.1 Å².